The Kier molecular flexibility index (Phi) is 4.08. The Labute approximate surface area is 144 Å². The zero-order valence-corrected chi connectivity index (χ0v) is 14.2. The van der Waals surface area contributed by atoms with Gasteiger partial charge in [0.25, 0.3) is 0 Å². The number of fused-ring (bicyclic) bond motifs is 1. The van der Waals surface area contributed by atoms with Crippen LogP contribution in [0.25, 0.3) is 11.0 Å². The Bertz CT molecular complexity index is 850. The van der Waals surface area contributed by atoms with Crippen LogP contribution in [0.1, 0.15) is 42.5 Å². The number of carbonyl (C=O) groups is 1. The molecule has 5 nitrogen and oxygen atoms in total. The second-order valence-corrected chi connectivity index (χ2v) is 7.06. The molecule has 3 heterocycles. The fraction of sp³-hybridized carbons (Fsp3) is 0.333. The van der Waals surface area contributed by atoms with Gasteiger partial charge in [0.2, 0.25) is 5.91 Å². The van der Waals surface area contributed by atoms with Crippen molar-refractivity contribution in [2.75, 3.05) is 11.9 Å². The molecule has 24 heavy (non-hydrogen) atoms. The highest BCUT2D eigenvalue weighted by Crippen LogP contribution is 2.29. The molecule has 2 unspecified atom stereocenters. The Morgan fingerprint density at radius 2 is 2.38 bits per heavy atom. The normalized spacial score (nSPS) is 18.8. The van der Waals surface area contributed by atoms with E-state index in [1.165, 1.54) is 0 Å². The number of rotatable bonds is 4. The number of nitrogens with one attached hydrogen (secondary N) is 2. The molecule has 2 aromatic heterocycles. The molecule has 0 radical (unpaired) electrons. The average molecular weight is 341 g/mol. The number of hydrogen-bond donors (Lipinski definition) is 2. The third-order valence-electron chi connectivity index (χ3n) is 4.37. The van der Waals surface area contributed by atoms with Crippen molar-refractivity contribution in [2.24, 2.45) is 0 Å². The topological polar surface area (TPSA) is 67.0 Å². The van der Waals surface area contributed by atoms with Crippen LogP contribution in [-0.4, -0.2) is 22.5 Å². The third-order valence-corrected chi connectivity index (χ3v) is 5.42. The van der Waals surface area contributed by atoms with Gasteiger partial charge >= 0.3 is 0 Å². The average Bonchev–Trinajstić information content (AvgIpc) is 3.32. The number of aromatic amines is 1. The highest BCUT2D eigenvalue weighted by molar-refractivity contribution is 7.10. The summed E-state index contributed by atoms with van der Waals surface area (Å²) in [6.45, 7) is 2.72. The molecule has 124 valence electrons. The highest BCUT2D eigenvalue weighted by atomic mass is 32.1. The van der Waals surface area contributed by atoms with Crippen molar-refractivity contribution in [1.82, 2.24) is 9.97 Å². The van der Waals surface area contributed by atoms with Gasteiger partial charge in [-0.05, 0) is 49.4 Å². The quantitative estimate of drug-likeness (QED) is 0.747. The predicted molar refractivity (Wildman–Crippen MR) is 95.4 cm³/mol. The fourth-order valence-electron chi connectivity index (χ4n) is 2.97. The summed E-state index contributed by atoms with van der Waals surface area (Å²) in [5, 5.41) is 4.98. The number of H-pyrrole nitrogens is 1. The first-order chi connectivity index (χ1) is 11.7. The zero-order chi connectivity index (χ0) is 16.5. The summed E-state index contributed by atoms with van der Waals surface area (Å²) in [6, 6.07) is 9.70. The molecule has 1 aliphatic heterocycles. The number of anilines is 1. The Balaban J connectivity index is 1.53. The van der Waals surface area contributed by atoms with E-state index >= 15 is 0 Å². The van der Waals surface area contributed by atoms with E-state index < -0.39 is 0 Å². The number of aromatic nitrogens is 2. The SMILES string of the molecule is CC(C(=O)Nc1ccc2nc(C3CCCO3)[nH]c2c1)c1cccs1. The highest BCUT2D eigenvalue weighted by Gasteiger charge is 2.21. The Morgan fingerprint density at radius 3 is 3.12 bits per heavy atom. The van der Waals surface area contributed by atoms with Crippen molar-refractivity contribution < 1.29 is 9.53 Å². The monoisotopic (exact) mass is 341 g/mol. The zero-order valence-electron chi connectivity index (χ0n) is 13.4. The van der Waals surface area contributed by atoms with Gasteiger partial charge < -0.3 is 15.0 Å². The minimum atomic E-state index is -0.162. The molecule has 1 aliphatic rings. The summed E-state index contributed by atoms with van der Waals surface area (Å²) in [7, 11) is 0. The molecule has 3 aromatic rings. The number of carbonyl (C=O) groups excluding carboxylic acids is 1. The number of hydrogen-bond acceptors (Lipinski definition) is 4. The lowest BCUT2D eigenvalue weighted by molar-refractivity contribution is -0.117. The summed E-state index contributed by atoms with van der Waals surface area (Å²) < 4.78 is 5.67. The largest absolute Gasteiger partial charge is 0.370 e. The van der Waals surface area contributed by atoms with Gasteiger partial charge in [-0.1, -0.05) is 6.07 Å². The van der Waals surface area contributed by atoms with Crippen LogP contribution in [0.2, 0.25) is 0 Å². The molecule has 1 fully saturated rings. The van der Waals surface area contributed by atoms with Crippen LogP contribution in [0.3, 0.4) is 0 Å². The molecule has 0 saturated carbocycles. The summed E-state index contributed by atoms with van der Waals surface area (Å²) in [4.78, 5) is 21.4. The van der Waals surface area contributed by atoms with Gasteiger partial charge in [0.1, 0.15) is 11.9 Å². The molecule has 4 rings (SSSR count). The van der Waals surface area contributed by atoms with Gasteiger partial charge in [-0.3, -0.25) is 4.79 Å². The number of benzene rings is 1. The number of thiophene rings is 1. The number of imidazole rings is 1. The number of nitrogens with zero attached hydrogens (tertiary/aromatic N) is 1. The van der Waals surface area contributed by atoms with Gasteiger partial charge in [0.05, 0.1) is 17.0 Å². The Hall–Kier alpha value is -2.18. The molecule has 0 spiro atoms. The molecule has 0 aliphatic carbocycles. The van der Waals surface area contributed by atoms with Gasteiger partial charge in [0, 0.05) is 17.2 Å². The maximum absolute atomic E-state index is 12.4. The smallest absolute Gasteiger partial charge is 0.232 e. The molecule has 1 aromatic carbocycles. The minimum absolute atomic E-state index is 0.00401. The van der Waals surface area contributed by atoms with E-state index in [1.54, 1.807) is 11.3 Å². The third kappa shape index (κ3) is 2.95. The molecular weight excluding hydrogens is 322 g/mol. The second kappa shape index (κ2) is 6.37. The number of amides is 1. The van der Waals surface area contributed by atoms with Crippen LogP contribution in [0.15, 0.2) is 35.7 Å². The standard InChI is InChI=1S/C18H19N3O2S/c1-11(16-5-3-9-24-16)18(22)19-12-6-7-13-14(10-12)21-17(20-13)15-4-2-8-23-15/h3,5-7,9-11,15H,2,4,8H2,1H3,(H,19,22)(H,20,21). The lowest BCUT2D eigenvalue weighted by Crippen LogP contribution is -2.18. The molecule has 6 heteroatoms. The minimum Gasteiger partial charge on any atom is -0.370 e. The van der Waals surface area contributed by atoms with Crippen LogP contribution >= 0.6 is 11.3 Å². The maximum atomic E-state index is 12.4. The molecule has 1 saturated heterocycles. The first kappa shape index (κ1) is 15.4. The van der Waals surface area contributed by atoms with Crippen molar-refractivity contribution in [3.05, 3.63) is 46.4 Å². The number of ether oxygens (including phenoxy) is 1. The van der Waals surface area contributed by atoms with Crippen molar-refractivity contribution in [1.29, 1.82) is 0 Å². The summed E-state index contributed by atoms with van der Waals surface area (Å²) in [5.41, 5.74) is 2.59. The maximum Gasteiger partial charge on any atom is 0.232 e. The van der Waals surface area contributed by atoms with E-state index in [-0.39, 0.29) is 17.9 Å². The van der Waals surface area contributed by atoms with E-state index in [0.29, 0.717) is 0 Å². The van der Waals surface area contributed by atoms with E-state index in [1.807, 2.05) is 42.6 Å². The van der Waals surface area contributed by atoms with E-state index in [0.717, 1.165) is 46.9 Å². The van der Waals surface area contributed by atoms with Crippen molar-refractivity contribution >= 4 is 34.0 Å². The first-order valence-corrected chi connectivity index (χ1v) is 9.04. The van der Waals surface area contributed by atoms with Gasteiger partial charge in [-0.25, -0.2) is 4.98 Å². The lowest BCUT2D eigenvalue weighted by Gasteiger charge is -2.10. The van der Waals surface area contributed by atoms with Crippen molar-refractivity contribution in [3.8, 4) is 0 Å². The first-order valence-electron chi connectivity index (χ1n) is 8.16. The van der Waals surface area contributed by atoms with Gasteiger partial charge in [-0.2, -0.15) is 0 Å². The lowest BCUT2D eigenvalue weighted by atomic mass is 10.1. The van der Waals surface area contributed by atoms with E-state index in [2.05, 4.69) is 15.3 Å². The van der Waals surface area contributed by atoms with Crippen LogP contribution in [-0.2, 0) is 9.53 Å². The van der Waals surface area contributed by atoms with Crippen LogP contribution in [0.5, 0.6) is 0 Å². The second-order valence-electron chi connectivity index (χ2n) is 6.08. The van der Waals surface area contributed by atoms with E-state index in [4.69, 9.17) is 4.74 Å². The summed E-state index contributed by atoms with van der Waals surface area (Å²) >= 11 is 1.60. The molecule has 2 atom stereocenters. The molecular formula is C18H19N3O2S. The summed E-state index contributed by atoms with van der Waals surface area (Å²) in [5.74, 6) is 0.707. The Morgan fingerprint density at radius 1 is 1.46 bits per heavy atom. The fourth-order valence-corrected chi connectivity index (χ4v) is 3.75. The van der Waals surface area contributed by atoms with Crippen LogP contribution < -0.4 is 5.32 Å². The van der Waals surface area contributed by atoms with Crippen molar-refractivity contribution in [3.63, 3.8) is 0 Å². The predicted octanol–water partition coefficient (Wildman–Crippen LogP) is 4.22. The molecule has 1 amide bonds. The van der Waals surface area contributed by atoms with Gasteiger partial charge in [-0.15, -0.1) is 11.3 Å². The molecule has 2 N–H and O–H groups in total. The van der Waals surface area contributed by atoms with Gasteiger partial charge in [0.15, 0.2) is 0 Å². The van der Waals surface area contributed by atoms with Crippen LogP contribution in [0, 0.1) is 0 Å². The van der Waals surface area contributed by atoms with Crippen molar-refractivity contribution in [2.45, 2.75) is 31.8 Å². The van der Waals surface area contributed by atoms with E-state index in [9.17, 15) is 4.79 Å². The van der Waals surface area contributed by atoms with Crippen LogP contribution in [0.4, 0.5) is 5.69 Å². The molecule has 0 bridgehead atoms. The summed E-state index contributed by atoms with van der Waals surface area (Å²) in [6.07, 6.45) is 2.14.